The average Bonchev–Trinajstić information content (AvgIpc) is 2.38. The normalized spacial score (nSPS) is 15.6. The van der Waals surface area contributed by atoms with E-state index in [-0.39, 0.29) is 5.91 Å². The van der Waals surface area contributed by atoms with Crippen molar-refractivity contribution in [3.63, 3.8) is 0 Å². The van der Waals surface area contributed by atoms with Crippen LogP contribution in [0.15, 0.2) is 35.4 Å². The number of benzene rings is 1. The average molecular weight is 230 g/mol. The van der Waals surface area contributed by atoms with Gasteiger partial charge in [0, 0.05) is 12.8 Å². The molecule has 0 radical (unpaired) electrons. The first-order chi connectivity index (χ1) is 8.28. The van der Waals surface area contributed by atoms with Gasteiger partial charge in [-0.2, -0.15) is 5.10 Å². The lowest BCUT2D eigenvalue weighted by Crippen LogP contribution is -2.24. The molecule has 0 aromatic heterocycles. The number of carbonyl (C=O) groups excluding carboxylic acids is 1. The van der Waals surface area contributed by atoms with Crippen molar-refractivity contribution < 1.29 is 9.53 Å². The molecule has 1 N–H and O–H groups in total. The molecule has 1 aliphatic heterocycles. The summed E-state index contributed by atoms with van der Waals surface area (Å²) in [5, 5.41) is 3.97. The van der Waals surface area contributed by atoms with E-state index in [9.17, 15) is 4.79 Å². The molecular weight excluding hydrogens is 216 g/mol. The molecule has 88 valence electrons. The number of ether oxygens (including phenoxy) is 1. The number of carbonyl (C=O) groups is 1. The summed E-state index contributed by atoms with van der Waals surface area (Å²) < 4.78 is 5.14. The summed E-state index contributed by atoms with van der Waals surface area (Å²) in [6.45, 7) is 0. The van der Waals surface area contributed by atoms with Crippen LogP contribution in [0.1, 0.15) is 18.4 Å². The lowest BCUT2D eigenvalue weighted by atomic mass is 10.1. The highest BCUT2D eigenvalue weighted by Gasteiger charge is 2.08. The zero-order valence-corrected chi connectivity index (χ0v) is 9.64. The number of nitrogens with zero attached hydrogens (tertiary/aromatic N) is 1. The first kappa shape index (κ1) is 11.4. The third-order valence-corrected chi connectivity index (χ3v) is 2.49. The van der Waals surface area contributed by atoms with Crippen LogP contribution in [-0.2, 0) is 4.79 Å². The summed E-state index contributed by atoms with van der Waals surface area (Å²) in [6, 6.07) is 7.76. The maximum absolute atomic E-state index is 10.9. The molecular formula is C13H14N2O2. The highest BCUT2D eigenvalue weighted by Crippen LogP contribution is 2.14. The quantitative estimate of drug-likeness (QED) is 0.863. The summed E-state index contributed by atoms with van der Waals surface area (Å²) in [5.74, 6) is 0.801. The van der Waals surface area contributed by atoms with Crippen molar-refractivity contribution >= 4 is 17.7 Å². The van der Waals surface area contributed by atoms with Crippen LogP contribution in [0.5, 0.6) is 5.75 Å². The first-order valence-corrected chi connectivity index (χ1v) is 5.45. The van der Waals surface area contributed by atoms with E-state index >= 15 is 0 Å². The minimum atomic E-state index is -0.0245. The van der Waals surface area contributed by atoms with Crippen LogP contribution in [0.2, 0.25) is 0 Å². The Bertz CT molecular complexity index is 478. The number of hydrogen-bond donors (Lipinski definition) is 1. The zero-order valence-electron chi connectivity index (χ0n) is 9.64. The number of rotatable bonds is 3. The Balaban J connectivity index is 2.07. The molecule has 17 heavy (non-hydrogen) atoms. The van der Waals surface area contributed by atoms with E-state index in [0.29, 0.717) is 12.8 Å². The summed E-state index contributed by atoms with van der Waals surface area (Å²) in [4.78, 5) is 10.9. The standard InChI is InChI=1S/C13H14N2O2/c1-17-12-4-2-3-10(9-12)5-6-11-7-8-13(16)15-14-11/h2-6,9H,7-8H2,1H3,(H,15,16). The first-order valence-electron chi connectivity index (χ1n) is 5.45. The summed E-state index contributed by atoms with van der Waals surface area (Å²) in [5.41, 5.74) is 4.39. The van der Waals surface area contributed by atoms with E-state index in [1.165, 1.54) is 0 Å². The van der Waals surface area contributed by atoms with Gasteiger partial charge in [-0.3, -0.25) is 4.79 Å². The number of nitrogens with one attached hydrogen (secondary N) is 1. The van der Waals surface area contributed by atoms with Gasteiger partial charge in [0.05, 0.1) is 12.8 Å². The fourth-order valence-electron chi connectivity index (χ4n) is 1.55. The van der Waals surface area contributed by atoms with Crippen LogP contribution in [0.3, 0.4) is 0 Å². The van der Waals surface area contributed by atoms with E-state index in [2.05, 4.69) is 10.5 Å². The van der Waals surface area contributed by atoms with Crippen LogP contribution in [0, 0.1) is 0 Å². The van der Waals surface area contributed by atoms with Gasteiger partial charge in [0.15, 0.2) is 0 Å². The predicted molar refractivity (Wildman–Crippen MR) is 66.8 cm³/mol. The Kier molecular flexibility index (Phi) is 3.55. The van der Waals surface area contributed by atoms with Gasteiger partial charge in [-0.1, -0.05) is 18.2 Å². The molecule has 2 rings (SSSR count). The van der Waals surface area contributed by atoms with Crippen molar-refractivity contribution in [3.05, 3.63) is 35.9 Å². The molecule has 0 aliphatic carbocycles. The van der Waals surface area contributed by atoms with Crippen molar-refractivity contribution in [2.24, 2.45) is 5.10 Å². The van der Waals surface area contributed by atoms with E-state index in [4.69, 9.17) is 4.74 Å². The molecule has 0 fully saturated rings. The van der Waals surface area contributed by atoms with Gasteiger partial charge in [-0.25, -0.2) is 5.43 Å². The number of amides is 1. The second kappa shape index (κ2) is 5.30. The molecule has 0 atom stereocenters. The predicted octanol–water partition coefficient (Wildman–Crippen LogP) is 1.97. The van der Waals surface area contributed by atoms with Crippen molar-refractivity contribution in [2.75, 3.05) is 7.11 Å². The SMILES string of the molecule is COc1cccc(C=CC2=NNC(=O)CC2)c1. The minimum Gasteiger partial charge on any atom is -0.497 e. The molecule has 0 saturated carbocycles. The molecule has 1 aliphatic rings. The molecule has 4 nitrogen and oxygen atoms in total. The highest BCUT2D eigenvalue weighted by molar-refractivity contribution is 6.02. The lowest BCUT2D eigenvalue weighted by Gasteiger charge is -2.08. The number of hydrogen-bond acceptors (Lipinski definition) is 3. The van der Waals surface area contributed by atoms with Gasteiger partial charge in [-0.15, -0.1) is 0 Å². The molecule has 0 unspecified atom stereocenters. The largest absolute Gasteiger partial charge is 0.497 e. The molecule has 0 spiro atoms. The Labute approximate surface area is 100.0 Å². The number of allylic oxidation sites excluding steroid dienone is 1. The second-order valence-electron chi connectivity index (χ2n) is 3.75. The maximum atomic E-state index is 10.9. The molecule has 1 amide bonds. The van der Waals surface area contributed by atoms with E-state index in [1.807, 2.05) is 36.4 Å². The third-order valence-electron chi connectivity index (χ3n) is 2.49. The molecule has 4 heteroatoms. The van der Waals surface area contributed by atoms with Crippen molar-refractivity contribution in [2.45, 2.75) is 12.8 Å². The minimum absolute atomic E-state index is 0.0245. The fraction of sp³-hybridized carbons (Fsp3) is 0.231. The number of hydrazone groups is 1. The highest BCUT2D eigenvalue weighted by atomic mass is 16.5. The molecule has 1 aromatic carbocycles. The van der Waals surface area contributed by atoms with E-state index in [0.717, 1.165) is 17.0 Å². The van der Waals surface area contributed by atoms with Gasteiger partial charge in [0.2, 0.25) is 5.91 Å². The summed E-state index contributed by atoms with van der Waals surface area (Å²) in [7, 11) is 1.64. The van der Waals surface area contributed by atoms with Crippen LogP contribution in [0.4, 0.5) is 0 Å². The van der Waals surface area contributed by atoms with Gasteiger partial charge in [-0.05, 0) is 23.8 Å². The van der Waals surface area contributed by atoms with Crippen LogP contribution >= 0.6 is 0 Å². The molecule has 0 bridgehead atoms. The topological polar surface area (TPSA) is 50.7 Å². The van der Waals surface area contributed by atoms with E-state index < -0.39 is 0 Å². The second-order valence-corrected chi connectivity index (χ2v) is 3.75. The van der Waals surface area contributed by atoms with Gasteiger partial charge < -0.3 is 4.74 Å². The number of methoxy groups -OCH3 is 1. The van der Waals surface area contributed by atoms with E-state index in [1.54, 1.807) is 7.11 Å². The van der Waals surface area contributed by atoms with Crippen molar-refractivity contribution in [1.29, 1.82) is 0 Å². The lowest BCUT2D eigenvalue weighted by molar-refractivity contribution is -0.121. The summed E-state index contributed by atoms with van der Waals surface area (Å²) >= 11 is 0. The third kappa shape index (κ3) is 3.17. The Morgan fingerprint density at radius 1 is 1.35 bits per heavy atom. The monoisotopic (exact) mass is 230 g/mol. The Hall–Kier alpha value is -2.10. The molecule has 0 saturated heterocycles. The summed E-state index contributed by atoms with van der Waals surface area (Å²) in [6.07, 6.45) is 5.06. The van der Waals surface area contributed by atoms with Gasteiger partial charge >= 0.3 is 0 Å². The van der Waals surface area contributed by atoms with Crippen molar-refractivity contribution in [1.82, 2.24) is 5.43 Å². The fourth-order valence-corrected chi connectivity index (χ4v) is 1.55. The Morgan fingerprint density at radius 2 is 2.24 bits per heavy atom. The van der Waals surface area contributed by atoms with Crippen LogP contribution in [-0.4, -0.2) is 18.7 Å². The van der Waals surface area contributed by atoms with Crippen molar-refractivity contribution in [3.8, 4) is 5.75 Å². The van der Waals surface area contributed by atoms with Crippen LogP contribution < -0.4 is 10.2 Å². The van der Waals surface area contributed by atoms with Gasteiger partial charge in [0.1, 0.15) is 5.75 Å². The molecule has 1 heterocycles. The van der Waals surface area contributed by atoms with Gasteiger partial charge in [0.25, 0.3) is 0 Å². The smallest absolute Gasteiger partial charge is 0.240 e. The van der Waals surface area contributed by atoms with Crippen LogP contribution in [0.25, 0.3) is 6.08 Å². The maximum Gasteiger partial charge on any atom is 0.240 e. The zero-order chi connectivity index (χ0) is 12.1. The molecule has 1 aromatic rings. The Morgan fingerprint density at radius 3 is 2.94 bits per heavy atom.